The first-order valence-electron chi connectivity index (χ1n) is 12.9. The predicted molar refractivity (Wildman–Crippen MR) is 163 cm³/mol. The Morgan fingerprint density at radius 2 is 0.800 bits per heavy atom. The first-order chi connectivity index (χ1) is 19.6. The summed E-state index contributed by atoms with van der Waals surface area (Å²) in [5.74, 6) is -1.70. The zero-order valence-corrected chi connectivity index (χ0v) is 24.2. The maximum atomic E-state index is 13.9. The van der Waals surface area contributed by atoms with Crippen LogP contribution in [0.3, 0.4) is 0 Å². The Labute approximate surface area is 236 Å². The van der Waals surface area contributed by atoms with E-state index in [-0.39, 0.29) is 0 Å². The minimum absolute atomic E-state index is 0.641. The Hall–Kier alpha value is -3.40. The highest BCUT2D eigenvalue weighted by Gasteiger charge is 2.59. The van der Waals surface area contributed by atoms with Crippen LogP contribution >= 0.6 is 15.3 Å². The fourth-order valence-electron chi connectivity index (χ4n) is 4.73. The number of hydrogen-bond acceptors (Lipinski definition) is 5. The van der Waals surface area contributed by atoms with Gasteiger partial charge in [0.1, 0.15) is 15.9 Å². The van der Waals surface area contributed by atoms with E-state index in [1.54, 1.807) is 0 Å². The highest BCUT2D eigenvalue weighted by molar-refractivity contribution is 7.91. The molecule has 0 spiro atoms. The summed E-state index contributed by atoms with van der Waals surface area (Å²) in [7, 11) is -4.46. The maximum Gasteiger partial charge on any atom is 0.477 e. The minimum Gasteiger partial charge on any atom is -0.290 e. The monoisotopic (exact) mass is 569 g/mol. The molecule has 0 N–H and O–H groups in total. The number of benzene rings is 5. The van der Waals surface area contributed by atoms with Crippen molar-refractivity contribution < 1.29 is 22.7 Å². The van der Waals surface area contributed by atoms with E-state index in [9.17, 15) is 4.57 Å². The number of phosphoric acid groups is 1. The summed E-state index contributed by atoms with van der Waals surface area (Å²) < 4.78 is 38.7. The SMILES string of the molecule is COP(=O)(OC)OC(O[P+](c1ccccc1)(c1ccccc1)c1ccccc1)(c1ccccc1)c1ccccc1. The average Bonchev–Trinajstić information content (AvgIpc) is 3.05. The van der Waals surface area contributed by atoms with Crippen LogP contribution in [-0.4, -0.2) is 14.2 Å². The van der Waals surface area contributed by atoms with Crippen molar-refractivity contribution in [1.82, 2.24) is 0 Å². The van der Waals surface area contributed by atoms with Gasteiger partial charge in [0.2, 0.25) is 7.49 Å². The molecule has 0 bridgehead atoms. The molecular weight excluding hydrogens is 538 g/mol. The van der Waals surface area contributed by atoms with E-state index in [0.717, 1.165) is 15.9 Å². The Morgan fingerprint density at radius 3 is 1.10 bits per heavy atom. The molecule has 5 rings (SSSR count). The van der Waals surface area contributed by atoms with E-state index >= 15 is 0 Å². The molecule has 0 radical (unpaired) electrons. The molecule has 5 aromatic carbocycles. The zero-order valence-electron chi connectivity index (χ0n) is 22.4. The molecule has 0 saturated heterocycles. The van der Waals surface area contributed by atoms with Gasteiger partial charge in [-0.2, -0.15) is 4.52 Å². The molecule has 0 heterocycles. The lowest BCUT2D eigenvalue weighted by atomic mass is 9.98. The number of phosphoric ester groups is 1. The van der Waals surface area contributed by atoms with Crippen molar-refractivity contribution in [1.29, 1.82) is 0 Å². The van der Waals surface area contributed by atoms with Gasteiger partial charge >= 0.3 is 7.82 Å². The topological polar surface area (TPSA) is 54.0 Å². The highest BCUT2D eigenvalue weighted by Crippen LogP contribution is 2.66. The first kappa shape index (κ1) is 28.1. The van der Waals surface area contributed by atoms with E-state index in [2.05, 4.69) is 36.4 Å². The Kier molecular flexibility index (Phi) is 8.73. The van der Waals surface area contributed by atoms with Gasteiger partial charge in [-0.3, -0.25) is 9.05 Å². The van der Waals surface area contributed by atoms with Gasteiger partial charge < -0.3 is 0 Å². The predicted octanol–water partition coefficient (Wildman–Crippen LogP) is 7.23. The van der Waals surface area contributed by atoms with Crippen LogP contribution in [0.15, 0.2) is 152 Å². The van der Waals surface area contributed by atoms with Gasteiger partial charge in [-0.1, -0.05) is 115 Å². The third-order valence-electron chi connectivity index (χ3n) is 6.62. The Morgan fingerprint density at radius 1 is 0.500 bits per heavy atom. The van der Waals surface area contributed by atoms with Gasteiger partial charge in [0.05, 0.1) is 0 Å². The smallest absolute Gasteiger partial charge is 0.290 e. The highest BCUT2D eigenvalue weighted by atomic mass is 31.2. The Bertz CT molecular complexity index is 1390. The van der Waals surface area contributed by atoms with Crippen LogP contribution in [0.2, 0.25) is 0 Å². The largest absolute Gasteiger partial charge is 0.477 e. The summed E-state index contributed by atoms with van der Waals surface area (Å²) in [5.41, 5.74) is 1.28. The van der Waals surface area contributed by atoms with E-state index < -0.39 is 21.1 Å². The molecule has 0 aliphatic heterocycles. The van der Waals surface area contributed by atoms with Gasteiger partial charge in [0.25, 0.3) is 5.79 Å². The molecule has 0 atom stereocenters. The molecule has 0 amide bonds. The third-order valence-corrected chi connectivity index (χ3v) is 11.6. The van der Waals surface area contributed by atoms with E-state index in [0.29, 0.717) is 11.1 Å². The molecule has 5 nitrogen and oxygen atoms in total. The van der Waals surface area contributed by atoms with Crippen LogP contribution in [0.5, 0.6) is 0 Å². The molecule has 0 aromatic heterocycles. The molecule has 0 aliphatic carbocycles. The van der Waals surface area contributed by atoms with Gasteiger partial charge in [-0.15, -0.1) is 0 Å². The van der Waals surface area contributed by atoms with Crippen molar-refractivity contribution in [3.8, 4) is 0 Å². The molecule has 40 heavy (non-hydrogen) atoms. The van der Waals surface area contributed by atoms with Crippen molar-refractivity contribution >= 4 is 31.2 Å². The summed E-state index contributed by atoms with van der Waals surface area (Å²) in [6.07, 6.45) is 0. The van der Waals surface area contributed by atoms with E-state index in [4.69, 9.17) is 18.1 Å². The molecule has 0 fully saturated rings. The average molecular weight is 570 g/mol. The van der Waals surface area contributed by atoms with Gasteiger partial charge in [0.15, 0.2) is 0 Å². The maximum absolute atomic E-state index is 13.9. The van der Waals surface area contributed by atoms with Crippen LogP contribution in [0.4, 0.5) is 0 Å². The number of rotatable bonds is 11. The van der Waals surface area contributed by atoms with Crippen molar-refractivity contribution in [2.24, 2.45) is 0 Å². The van der Waals surface area contributed by atoms with Crippen molar-refractivity contribution in [2.45, 2.75) is 5.79 Å². The normalized spacial score (nSPS) is 12.2. The molecule has 202 valence electrons. The van der Waals surface area contributed by atoms with Gasteiger partial charge in [-0.25, -0.2) is 9.09 Å². The Balaban J connectivity index is 1.91. The molecule has 0 saturated carbocycles. The van der Waals surface area contributed by atoms with Crippen LogP contribution in [0.1, 0.15) is 11.1 Å². The third kappa shape index (κ3) is 5.46. The quantitative estimate of drug-likeness (QED) is 0.124. The summed E-state index contributed by atoms with van der Waals surface area (Å²) in [6, 6.07) is 49.4. The molecular formula is C33H31O5P2+. The fraction of sp³-hybridized carbons (Fsp3) is 0.0909. The second-order valence-corrected chi connectivity index (χ2v) is 13.7. The van der Waals surface area contributed by atoms with Crippen LogP contribution < -0.4 is 15.9 Å². The van der Waals surface area contributed by atoms with Crippen LogP contribution in [-0.2, 0) is 28.4 Å². The zero-order chi connectivity index (χ0) is 27.9. The second-order valence-electron chi connectivity index (χ2n) is 8.96. The molecule has 0 aliphatic rings. The summed E-state index contributed by atoms with van der Waals surface area (Å²) in [6.45, 7) is 0. The van der Waals surface area contributed by atoms with Gasteiger partial charge in [-0.05, 0) is 36.4 Å². The van der Waals surface area contributed by atoms with Crippen molar-refractivity contribution in [2.75, 3.05) is 14.2 Å². The molecule has 7 heteroatoms. The lowest BCUT2D eigenvalue weighted by molar-refractivity contribution is -0.0974. The van der Waals surface area contributed by atoms with Crippen molar-refractivity contribution in [3.05, 3.63) is 163 Å². The standard InChI is InChI=1S/C33H31O5P2/c1-35-40(34,36-2)38-33(28-18-8-3-9-19-28,29-20-10-4-11-21-29)37-39(30-22-12-5-13-23-30,31-24-14-6-15-25-31)32-26-16-7-17-27-32/h3-27H,1-2H3/q+1. The summed E-state index contributed by atoms with van der Waals surface area (Å²) in [5, 5.41) is 2.91. The lowest BCUT2D eigenvalue weighted by Gasteiger charge is -2.39. The second kappa shape index (κ2) is 12.4. The van der Waals surface area contributed by atoms with E-state index in [1.165, 1.54) is 14.2 Å². The molecule has 5 aromatic rings. The van der Waals surface area contributed by atoms with Crippen LogP contribution in [0.25, 0.3) is 0 Å². The minimum atomic E-state index is -4.10. The summed E-state index contributed by atoms with van der Waals surface area (Å²) in [4.78, 5) is 0. The van der Waals surface area contributed by atoms with E-state index in [1.807, 2.05) is 115 Å². The lowest BCUT2D eigenvalue weighted by Crippen LogP contribution is -2.42. The summed E-state index contributed by atoms with van der Waals surface area (Å²) >= 11 is 0. The van der Waals surface area contributed by atoms with Crippen molar-refractivity contribution in [3.63, 3.8) is 0 Å². The first-order valence-corrected chi connectivity index (χ1v) is 16.0. The van der Waals surface area contributed by atoms with Crippen LogP contribution in [0, 0.1) is 0 Å². The van der Waals surface area contributed by atoms with Gasteiger partial charge in [0, 0.05) is 25.3 Å². The molecule has 0 unspecified atom stereocenters. The number of hydrogen-bond donors (Lipinski definition) is 0. The fourth-order valence-corrected chi connectivity index (χ4v) is 9.27.